The highest BCUT2D eigenvalue weighted by Gasteiger charge is 2.24. The van der Waals surface area contributed by atoms with Gasteiger partial charge in [-0.1, -0.05) is 19.1 Å². The molecule has 5 heteroatoms. The highest BCUT2D eigenvalue weighted by atomic mass is 16.5. The number of aromatic hydroxyl groups is 2. The Morgan fingerprint density at radius 3 is 1.84 bits per heavy atom. The van der Waals surface area contributed by atoms with E-state index in [9.17, 15) is 10.2 Å². The molecule has 0 fully saturated rings. The van der Waals surface area contributed by atoms with Crippen LogP contribution >= 0.6 is 0 Å². The number of benzene rings is 2. The van der Waals surface area contributed by atoms with Crippen molar-refractivity contribution in [2.75, 3.05) is 34.9 Å². The number of phenolic OH excluding ortho intramolecular Hbond substituents is 2. The van der Waals surface area contributed by atoms with E-state index in [1.807, 2.05) is 38.4 Å². The molecule has 0 heterocycles. The standard InChI is InChI=1S/C20H27NO4/c1-13(14-6-8-17(22)19(10-14)24-4)16(12-21(2)3)15-7-9-18(23)20(11-15)25-5/h6-11,13,16,22-23H,12H2,1-5H3/t13-,16+/m0/s1. The van der Waals surface area contributed by atoms with E-state index in [0.29, 0.717) is 11.5 Å². The molecule has 2 rings (SSSR count). The van der Waals surface area contributed by atoms with Gasteiger partial charge >= 0.3 is 0 Å². The molecule has 136 valence electrons. The van der Waals surface area contributed by atoms with Crippen molar-refractivity contribution < 1.29 is 19.7 Å². The van der Waals surface area contributed by atoms with Crippen LogP contribution in [0.15, 0.2) is 36.4 Å². The Balaban J connectivity index is 2.43. The second-order valence-corrected chi connectivity index (χ2v) is 6.52. The first-order chi connectivity index (χ1) is 11.9. The molecule has 2 atom stereocenters. The van der Waals surface area contributed by atoms with Crippen LogP contribution in [0, 0.1) is 0 Å². The average molecular weight is 345 g/mol. The third-order valence-corrected chi connectivity index (χ3v) is 4.53. The molecular formula is C20H27NO4. The largest absolute Gasteiger partial charge is 0.504 e. The number of phenols is 2. The first-order valence-electron chi connectivity index (χ1n) is 8.25. The van der Waals surface area contributed by atoms with E-state index in [1.54, 1.807) is 26.4 Å². The van der Waals surface area contributed by atoms with Crippen LogP contribution in [-0.4, -0.2) is 50.0 Å². The van der Waals surface area contributed by atoms with E-state index in [4.69, 9.17) is 9.47 Å². The van der Waals surface area contributed by atoms with Crippen LogP contribution in [0.4, 0.5) is 0 Å². The van der Waals surface area contributed by atoms with Crippen molar-refractivity contribution in [1.29, 1.82) is 0 Å². The smallest absolute Gasteiger partial charge is 0.160 e. The second kappa shape index (κ2) is 8.12. The number of ether oxygens (including phenoxy) is 2. The van der Waals surface area contributed by atoms with Crippen LogP contribution < -0.4 is 9.47 Å². The summed E-state index contributed by atoms with van der Waals surface area (Å²) in [6.07, 6.45) is 0. The second-order valence-electron chi connectivity index (χ2n) is 6.52. The molecule has 25 heavy (non-hydrogen) atoms. The van der Waals surface area contributed by atoms with Crippen molar-refractivity contribution in [3.63, 3.8) is 0 Å². The molecule has 2 aromatic carbocycles. The molecular weight excluding hydrogens is 318 g/mol. The van der Waals surface area contributed by atoms with Gasteiger partial charge in [0.25, 0.3) is 0 Å². The lowest BCUT2D eigenvalue weighted by Crippen LogP contribution is -2.24. The zero-order chi connectivity index (χ0) is 18.6. The SMILES string of the molecule is COc1cc([C@H](C)[C@@H](CN(C)C)c2ccc(O)c(OC)c2)ccc1O. The number of likely N-dealkylation sites (N-methyl/N-ethyl adjacent to an activating group) is 1. The summed E-state index contributed by atoms with van der Waals surface area (Å²) in [5.74, 6) is 1.56. The lowest BCUT2D eigenvalue weighted by Gasteiger charge is -2.28. The Morgan fingerprint density at radius 1 is 0.880 bits per heavy atom. The molecule has 0 saturated heterocycles. The highest BCUT2D eigenvalue weighted by molar-refractivity contribution is 5.46. The van der Waals surface area contributed by atoms with E-state index in [-0.39, 0.29) is 23.3 Å². The minimum Gasteiger partial charge on any atom is -0.504 e. The number of rotatable bonds is 7. The normalized spacial score (nSPS) is 13.5. The molecule has 2 aromatic rings. The zero-order valence-corrected chi connectivity index (χ0v) is 15.5. The minimum atomic E-state index is 0.133. The van der Waals surface area contributed by atoms with Gasteiger partial charge in [0, 0.05) is 12.5 Å². The van der Waals surface area contributed by atoms with E-state index in [2.05, 4.69) is 11.8 Å². The van der Waals surface area contributed by atoms with Crippen LogP contribution in [0.1, 0.15) is 29.9 Å². The molecule has 0 aliphatic carbocycles. The van der Waals surface area contributed by atoms with Crippen molar-refractivity contribution >= 4 is 0 Å². The van der Waals surface area contributed by atoms with Crippen LogP contribution in [0.5, 0.6) is 23.0 Å². The van der Waals surface area contributed by atoms with Crippen LogP contribution in [0.25, 0.3) is 0 Å². The molecule has 0 amide bonds. The summed E-state index contributed by atoms with van der Waals surface area (Å²) >= 11 is 0. The molecule has 0 aromatic heterocycles. The molecule has 0 aliphatic heterocycles. The van der Waals surface area contributed by atoms with Crippen LogP contribution in [-0.2, 0) is 0 Å². The van der Waals surface area contributed by atoms with Gasteiger partial charge in [-0.15, -0.1) is 0 Å². The van der Waals surface area contributed by atoms with E-state index < -0.39 is 0 Å². The number of nitrogens with zero attached hydrogens (tertiary/aromatic N) is 1. The van der Waals surface area contributed by atoms with Crippen molar-refractivity contribution in [2.24, 2.45) is 0 Å². The Morgan fingerprint density at radius 2 is 1.36 bits per heavy atom. The van der Waals surface area contributed by atoms with Gasteiger partial charge in [-0.05, 0) is 55.4 Å². The molecule has 0 saturated carbocycles. The molecule has 0 aliphatic rings. The van der Waals surface area contributed by atoms with Crippen molar-refractivity contribution in [3.05, 3.63) is 47.5 Å². The lowest BCUT2D eigenvalue weighted by molar-refractivity contribution is 0.346. The van der Waals surface area contributed by atoms with Crippen molar-refractivity contribution in [3.8, 4) is 23.0 Å². The predicted molar refractivity (Wildman–Crippen MR) is 99.0 cm³/mol. The van der Waals surface area contributed by atoms with Gasteiger partial charge in [-0.25, -0.2) is 0 Å². The molecule has 0 bridgehead atoms. The summed E-state index contributed by atoms with van der Waals surface area (Å²) in [6.45, 7) is 2.98. The summed E-state index contributed by atoms with van der Waals surface area (Å²) in [6, 6.07) is 10.9. The van der Waals surface area contributed by atoms with Gasteiger partial charge in [0.2, 0.25) is 0 Å². The third-order valence-electron chi connectivity index (χ3n) is 4.53. The Hall–Kier alpha value is -2.40. The van der Waals surface area contributed by atoms with Gasteiger partial charge in [0.15, 0.2) is 23.0 Å². The summed E-state index contributed by atoms with van der Waals surface area (Å²) in [5, 5.41) is 19.7. The average Bonchev–Trinajstić information content (AvgIpc) is 2.60. The zero-order valence-electron chi connectivity index (χ0n) is 15.5. The van der Waals surface area contributed by atoms with Gasteiger partial charge < -0.3 is 24.6 Å². The number of methoxy groups -OCH3 is 2. The van der Waals surface area contributed by atoms with Crippen molar-refractivity contribution in [2.45, 2.75) is 18.8 Å². The van der Waals surface area contributed by atoms with Gasteiger partial charge in [-0.3, -0.25) is 0 Å². The topological polar surface area (TPSA) is 62.2 Å². The van der Waals surface area contributed by atoms with Gasteiger partial charge in [-0.2, -0.15) is 0 Å². The molecule has 5 nitrogen and oxygen atoms in total. The number of hydrogen-bond donors (Lipinski definition) is 2. The number of hydrogen-bond acceptors (Lipinski definition) is 5. The molecule has 2 N–H and O–H groups in total. The molecule has 0 unspecified atom stereocenters. The van der Waals surface area contributed by atoms with E-state index in [0.717, 1.165) is 17.7 Å². The van der Waals surface area contributed by atoms with E-state index in [1.165, 1.54) is 0 Å². The first-order valence-corrected chi connectivity index (χ1v) is 8.25. The third kappa shape index (κ3) is 4.37. The fourth-order valence-electron chi connectivity index (χ4n) is 3.08. The van der Waals surface area contributed by atoms with E-state index >= 15 is 0 Å². The fraction of sp³-hybridized carbons (Fsp3) is 0.400. The molecule has 0 radical (unpaired) electrons. The monoisotopic (exact) mass is 345 g/mol. The van der Waals surface area contributed by atoms with Crippen LogP contribution in [0.2, 0.25) is 0 Å². The quantitative estimate of drug-likeness (QED) is 0.803. The summed E-state index contributed by atoms with van der Waals surface area (Å²) in [4.78, 5) is 2.14. The summed E-state index contributed by atoms with van der Waals surface area (Å²) in [5.41, 5.74) is 2.16. The Labute approximate surface area is 149 Å². The van der Waals surface area contributed by atoms with Crippen molar-refractivity contribution in [1.82, 2.24) is 4.90 Å². The van der Waals surface area contributed by atoms with Crippen LogP contribution in [0.3, 0.4) is 0 Å². The van der Waals surface area contributed by atoms with Gasteiger partial charge in [0.05, 0.1) is 14.2 Å². The Kier molecular flexibility index (Phi) is 6.15. The first kappa shape index (κ1) is 18.9. The maximum atomic E-state index is 9.87. The summed E-state index contributed by atoms with van der Waals surface area (Å²) in [7, 11) is 7.17. The maximum Gasteiger partial charge on any atom is 0.160 e. The highest BCUT2D eigenvalue weighted by Crippen LogP contribution is 2.39. The van der Waals surface area contributed by atoms with Gasteiger partial charge in [0.1, 0.15) is 0 Å². The Bertz CT molecular complexity index is 715. The minimum absolute atomic E-state index is 0.133. The molecule has 0 spiro atoms. The fourth-order valence-corrected chi connectivity index (χ4v) is 3.08. The summed E-state index contributed by atoms with van der Waals surface area (Å²) < 4.78 is 10.5. The lowest BCUT2D eigenvalue weighted by atomic mass is 9.82. The maximum absolute atomic E-state index is 9.87. The predicted octanol–water partition coefficient (Wildman–Crippen LogP) is 3.56.